The van der Waals surface area contributed by atoms with Gasteiger partial charge in [-0.05, 0) is 31.5 Å². The molecular formula is C12H14ClNO. The van der Waals surface area contributed by atoms with Crippen molar-refractivity contribution in [2.75, 3.05) is 6.54 Å². The smallest absolute Gasteiger partial charge is 0.165 e. The Balaban J connectivity index is 2.04. The van der Waals surface area contributed by atoms with E-state index in [0.29, 0.717) is 23.0 Å². The van der Waals surface area contributed by atoms with Gasteiger partial charge in [-0.2, -0.15) is 0 Å². The van der Waals surface area contributed by atoms with Crippen LogP contribution in [0.25, 0.3) is 0 Å². The zero-order valence-corrected chi connectivity index (χ0v) is 9.26. The Morgan fingerprint density at radius 3 is 2.93 bits per heavy atom. The van der Waals surface area contributed by atoms with Crippen molar-refractivity contribution in [2.24, 2.45) is 0 Å². The van der Waals surface area contributed by atoms with E-state index in [2.05, 4.69) is 5.32 Å². The van der Waals surface area contributed by atoms with Gasteiger partial charge in [0.25, 0.3) is 0 Å². The van der Waals surface area contributed by atoms with E-state index >= 15 is 0 Å². The molecule has 0 amide bonds. The maximum absolute atomic E-state index is 11.9. The molecule has 0 saturated carbocycles. The SMILES string of the molecule is O=C(CC1CCCN1)c1ccccc1Cl. The number of rotatable bonds is 3. The summed E-state index contributed by atoms with van der Waals surface area (Å²) in [5.74, 6) is 0.139. The van der Waals surface area contributed by atoms with Gasteiger partial charge in [0, 0.05) is 18.0 Å². The summed E-state index contributed by atoms with van der Waals surface area (Å²) in [6.45, 7) is 1.03. The van der Waals surface area contributed by atoms with Crippen LogP contribution in [0, 0.1) is 0 Å². The third-order valence-corrected chi connectivity index (χ3v) is 3.10. The van der Waals surface area contributed by atoms with Crippen LogP contribution in [0.5, 0.6) is 0 Å². The first-order valence-corrected chi connectivity index (χ1v) is 5.66. The molecule has 1 unspecified atom stereocenters. The fourth-order valence-electron chi connectivity index (χ4n) is 1.95. The Bertz CT molecular complexity index is 358. The van der Waals surface area contributed by atoms with Crippen molar-refractivity contribution < 1.29 is 4.79 Å². The first kappa shape index (κ1) is 10.7. The molecule has 1 atom stereocenters. The van der Waals surface area contributed by atoms with Crippen LogP contribution in [-0.4, -0.2) is 18.4 Å². The summed E-state index contributed by atoms with van der Waals surface area (Å²) in [6, 6.07) is 7.58. The maximum Gasteiger partial charge on any atom is 0.165 e. The number of Topliss-reactive ketones (excluding diaryl/α,β-unsaturated/α-hetero) is 1. The van der Waals surface area contributed by atoms with Gasteiger partial charge in [-0.25, -0.2) is 0 Å². The van der Waals surface area contributed by atoms with Crippen molar-refractivity contribution in [2.45, 2.75) is 25.3 Å². The number of carbonyl (C=O) groups is 1. The lowest BCUT2D eigenvalue weighted by atomic mass is 10.0. The first-order valence-electron chi connectivity index (χ1n) is 5.28. The Hall–Kier alpha value is -0.860. The fourth-order valence-corrected chi connectivity index (χ4v) is 2.19. The standard InChI is InChI=1S/C12H14ClNO/c13-11-6-2-1-5-10(11)12(15)8-9-4-3-7-14-9/h1-2,5-6,9,14H,3-4,7-8H2. The minimum absolute atomic E-state index is 0.139. The van der Waals surface area contributed by atoms with E-state index in [-0.39, 0.29) is 5.78 Å². The Morgan fingerprint density at radius 1 is 1.47 bits per heavy atom. The predicted octanol–water partition coefficient (Wildman–Crippen LogP) is 2.66. The molecule has 1 aliphatic rings. The predicted molar refractivity (Wildman–Crippen MR) is 61.4 cm³/mol. The molecule has 1 aliphatic heterocycles. The molecule has 0 spiro atoms. The van der Waals surface area contributed by atoms with Gasteiger partial charge in [0.1, 0.15) is 0 Å². The second-order valence-corrected chi connectivity index (χ2v) is 4.31. The topological polar surface area (TPSA) is 29.1 Å². The molecule has 15 heavy (non-hydrogen) atoms. The molecule has 1 saturated heterocycles. The molecule has 1 N–H and O–H groups in total. The maximum atomic E-state index is 11.9. The minimum atomic E-state index is 0.139. The van der Waals surface area contributed by atoms with Crippen molar-refractivity contribution in [3.63, 3.8) is 0 Å². The van der Waals surface area contributed by atoms with E-state index in [1.54, 1.807) is 12.1 Å². The van der Waals surface area contributed by atoms with Gasteiger partial charge < -0.3 is 5.32 Å². The average Bonchev–Trinajstić information content (AvgIpc) is 2.71. The summed E-state index contributed by atoms with van der Waals surface area (Å²) in [5, 5.41) is 3.87. The highest BCUT2D eigenvalue weighted by molar-refractivity contribution is 6.33. The number of carbonyl (C=O) groups excluding carboxylic acids is 1. The molecule has 0 aromatic heterocycles. The lowest BCUT2D eigenvalue weighted by Gasteiger charge is -2.09. The van der Waals surface area contributed by atoms with Gasteiger partial charge >= 0.3 is 0 Å². The molecule has 0 bridgehead atoms. The van der Waals surface area contributed by atoms with Crippen LogP contribution in [0.3, 0.4) is 0 Å². The summed E-state index contributed by atoms with van der Waals surface area (Å²) in [7, 11) is 0. The minimum Gasteiger partial charge on any atom is -0.314 e. The first-order chi connectivity index (χ1) is 7.27. The van der Waals surface area contributed by atoms with E-state index in [1.807, 2.05) is 12.1 Å². The summed E-state index contributed by atoms with van der Waals surface area (Å²) in [4.78, 5) is 11.9. The monoisotopic (exact) mass is 223 g/mol. The number of halogens is 1. The van der Waals surface area contributed by atoms with E-state index < -0.39 is 0 Å². The molecular weight excluding hydrogens is 210 g/mol. The molecule has 80 valence electrons. The van der Waals surface area contributed by atoms with Crippen molar-refractivity contribution >= 4 is 17.4 Å². The van der Waals surface area contributed by atoms with E-state index in [4.69, 9.17) is 11.6 Å². The summed E-state index contributed by atoms with van der Waals surface area (Å²) in [6.07, 6.45) is 2.82. The number of nitrogens with one attached hydrogen (secondary N) is 1. The lowest BCUT2D eigenvalue weighted by molar-refractivity contribution is 0.0972. The molecule has 0 aliphatic carbocycles. The van der Waals surface area contributed by atoms with Gasteiger partial charge in [-0.15, -0.1) is 0 Å². The summed E-state index contributed by atoms with van der Waals surface area (Å²) < 4.78 is 0. The highest BCUT2D eigenvalue weighted by atomic mass is 35.5. The number of hydrogen-bond donors (Lipinski definition) is 1. The third-order valence-electron chi connectivity index (χ3n) is 2.77. The Kier molecular flexibility index (Phi) is 3.39. The molecule has 2 nitrogen and oxygen atoms in total. The molecule has 3 heteroatoms. The summed E-state index contributed by atoms with van der Waals surface area (Å²) >= 11 is 5.96. The average molecular weight is 224 g/mol. The highest BCUT2D eigenvalue weighted by Crippen LogP contribution is 2.19. The van der Waals surface area contributed by atoms with Gasteiger partial charge in [0.2, 0.25) is 0 Å². The van der Waals surface area contributed by atoms with E-state index in [9.17, 15) is 4.79 Å². The third kappa shape index (κ3) is 2.58. The van der Waals surface area contributed by atoms with Crippen molar-refractivity contribution in [3.8, 4) is 0 Å². The van der Waals surface area contributed by atoms with Crippen LogP contribution < -0.4 is 5.32 Å². The second-order valence-electron chi connectivity index (χ2n) is 3.90. The van der Waals surface area contributed by atoms with Gasteiger partial charge in [0.15, 0.2) is 5.78 Å². The number of ketones is 1. The van der Waals surface area contributed by atoms with E-state index in [0.717, 1.165) is 13.0 Å². The fraction of sp³-hybridized carbons (Fsp3) is 0.417. The Morgan fingerprint density at radius 2 is 2.27 bits per heavy atom. The van der Waals surface area contributed by atoms with Crippen LogP contribution in [-0.2, 0) is 0 Å². The second kappa shape index (κ2) is 4.77. The largest absolute Gasteiger partial charge is 0.314 e. The van der Waals surface area contributed by atoms with Crippen molar-refractivity contribution in [1.82, 2.24) is 5.32 Å². The lowest BCUT2D eigenvalue weighted by Crippen LogP contribution is -2.24. The number of benzene rings is 1. The van der Waals surface area contributed by atoms with Crippen LogP contribution >= 0.6 is 11.6 Å². The summed E-state index contributed by atoms with van der Waals surface area (Å²) in [5.41, 5.74) is 0.646. The molecule has 2 rings (SSSR count). The van der Waals surface area contributed by atoms with Gasteiger partial charge in [-0.3, -0.25) is 4.79 Å². The molecule has 1 aromatic carbocycles. The Labute approximate surface area is 94.6 Å². The molecule has 0 radical (unpaired) electrons. The van der Waals surface area contributed by atoms with Crippen molar-refractivity contribution in [1.29, 1.82) is 0 Å². The molecule has 1 heterocycles. The zero-order chi connectivity index (χ0) is 10.7. The van der Waals surface area contributed by atoms with Gasteiger partial charge in [0.05, 0.1) is 5.02 Å². The van der Waals surface area contributed by atoms with E-state index in [1.165, 1.54) is 6.42 Å². The van der Waals surface area contributed by atoms with Gasteiger partial charge in [-0.1, -0.05) is 23.7 Å². The van der Waals surface area contributed by atoms with Crippen LogP contribution in [0.1, 0.15) is 29.6 Å². The normalized spacial score (nSPS) is 20.5. The van der Waals surface area contributed by atoms with Crippen LogP contribution in [0.4, 0.5) is 0 Å². The number of hydrogen-bond acceptors (Lipinski definition) is 2. The van der Waals surface area contributed by atoms with Crippen LogP contribution in [0.15, 0.2) is 24.3 Å². The zero-order valence-electron chi connectivity index (χ0n) is 8.50. The van der Waals surface area contributed by atoms with Crippen molar-refractivity contribution in [3.05, 3.63) is 34.9 Å². The van der Waals surface area contributed by atoms with Crippen LogP contribution in [0.2, 0.25) is 5.02 Å². The molecule has 1 aromatic rings. The quantitative estimate of drug-likeness (QED) is 0.799. The molecule has 1 fully saturated rings. The highest BCUT2D eigenvalue weighted by Gasteiger charge is 2.19.